The molecule has 5 heteroatoms. The Morgan fingerprint density at radius 1 is 1.23 bits per heavy atom. The first-order valence-corrected chi connectivity index (χ1v) is 7.98. The maximum atomic E-state index is 12.7. The van der Waals surface area contributed by atoms with Crippen molar-refractivity contribution in [2.24, 2.45) is 5.41 Å². The second-order valence-corrected chi connectivity index (χ2v) is 6.38. The summed E-state index contributed by atoms with van der Waals surface area (Å²) in [5.74, 6) is -0.302. The Balaban J connectivity index is 1.95. The molecule has 0 unspecified atom stereocenters. The van der Waals surface area contributed by atoms with Crippen LogP contribution in [0.1, 0.15) is 45.1 Å². The lowest BCUT2D eigenvalue weighted by molar-refractivity contribution is -0.148. The SMILES string of the molecule is CC(C)(C(=O)NCc1cccnc1)C(=O)N1CCCCCC1. The summed E-state index contributed by atoms with van der Waals surface area (Å²) < 4.78 is 0. The number of carbonyl (C=O) groups excluding carboxylic acids is 2. The summed E-state index contributed by atoms with van der Waals surface area (Å²) in [7, 11) is 0. The highest BCUT2D eigenvalue weighted by Crippen LogP contribution is 2.22. The molecule has 2 heterocycles. The van der Waals surface area contributed by atoms with Crippen LogP contribution in [0.3, 0.4) is 0 Å². The minimum absolute atomic E-state index is 0.0712. The smallest absolute Gasteiger partial charge is 0.237 e. The molecule has 0 atom stereocenters. The molecule has 1 aromatic heterocycles. The third-order valence-corrected chi connectivity index (χ3v) is 4.17. The number of rotatable bonds is 4. The molecule has 0 bridgehead atoms. The van der Waals surface area contributed by atoms with Gasteiger partial charge in [-0.1, -0.05) is 18.9 Å². The van der Waals surface area contributed by atoms with Crippen LogP contribution in [0.2, 0.25) is 0 Å². The van der Waals surface area contributed by atoms with Gasteiger partial charge in [0.25, 0.3) is 0 Å². The Labute approximate surface area is 132 Å². The number of pyridine rings is 1. The van der Waals surface area contributed by atoms with Gasteiger partial charge in [-0.05, 0) is 38.3 Å². The van der Waals surface area contributed by atoms with Gasteiger partial charge in [-0.2, -0.15) is 0 Å². The fourth-order valence-electron chi connectivity index (χ4n) is 2.67. The molecule has 0 aliphatic carbocycles. The number of aromatic nitrogens is 1. The second kappa shape index (κ2) is 7.38. The van der Waals surface area contributed by atoms with Gasteiger partial charge in [-0.15, -0.1) is 0 Å². The monoisotopic (exact) mass is 303 g/mol. The van der Waals surface area contributed by atoms with Crippen molar-refractivity contribution in [3.05, 3.63) is 30.1 Å². The number of hydrogen-bond donors (Lipinski definition) is 1. The number of amides is 2. The molecule has 1 aliphatic heterocycles. The summed E-state index contributed by atoms with van der Waals surface area (Å²) in [5.41, 5.74) is -0.110. The van der Waals surface area contributed by atoms with Crippen molar-refractivity contribution < 1.29 is 9.59 Å². The molecule has 0 saturated carbocycles. The number of hydrogen-bond acceptors (Lipinski definition) is 3. The normalized spacial score (nSPS) is 16.0. The zero-order chi connectivity index (χ0) is 16.0. The van der Waals surface area contributed by atoms with E-state index in [-0.39, 0.29) is 11.8 Å². The Morgan fingerprint density at radius 3 is 2.50 bits per heavy atom. The van der Waals surface area contributed by atoms with Crippen LogP contribution in [-0.4, -0.2) is 34.8 Å². The standard InChI is InChI=1S/C17H25N3O2/c1-17(2,16(22)20-10-5-3-4-6-11-20)15(21)19-13-14-8-7-9-18-12-14/h7-9,12H,3-6,10-11,13H2,1-2H3,(H,19,21). The first kappa shape index (κ1) is 16.5. The van der Waals surface area contributed by atoms with Gasteiger partial charge in [0, 0.05) is 32.0 Å². The molecule has 1 aromatic rings. The largest absolute Gasteiger partial charge is 0.351 e. The third-order valence-electron chi connectivity index (χ3n) is 4.17. The average molecular weight is 303 g/mol. The molecule has 0 aromatic carbocycles. The van der Waals surface area contributed by atoms with Crippen molar-refractivity contribution in [3.8, 4) is 0 Å². The molecule has 1 aliphatic rings. The van der Waals surface area contributed by atoms with Gasteiger partial charge in [0.15, 0.2) is 0 Å². The van der Waals surface area contributed by atoms with E-state index in [4.69, 9.17) is 0 Å². The van der Waals surface area contributed by atoms with E-state index < -0.39 is 5.41 Å². The fraction of sp³-hybridized carbons (Fsp3) is 0.588. The van der Waals surface area contributed by atoms with Crippen LogP contribution < -0.4 is 5.32 Å². The lowest BCUT2D eigenvalue weighted by Gasteiger charge is -2.30. The van der Waals surface area contributed by atoms with Crippen LogP contribution >= 0.6 is 0 Å². The van der Waals surface area contributed by atoms with E-state index >= 15 is 0 Å². The van der Waals surface area contributed by atoms with Gasteiger partial charge in [-0.3, -0.25) is 14.6 Å². The Bertz CT molecular complexity index is 506. The van der Waals surface area contributed by atoms with Crippen LogP contribution in [0, 0.1) is 5.41 Å². The predicted octanol–water partition coefficient (Wildman–Crippen LogP) is 2.13. The zero-order valence-electron chi connectivity index (χ0n) is 13.5. The lowest BCUT2D eigenvalue weighted by atomic mass is 9.90. The van der Waals surface area contributed by atoms with Crippen LogP contribution in [0.25, 0.3) is 0 Å². The molecule has 1 N–H and O–H groups in total. The van der Waals surface area contributed by atoms with E-state index in [9.17, 15) is 9.59 Å². The summed E-state index contributed by atoms with van der Waals surface area (Å²) in [4.78, 5) is 31.0. The molecule has 1 saturated heterocycles. The minimum atomic E-state index is -1.04. The average Bonchev–Trinajstić information content (AvgIpc) is 2.81. The van der Waals surface area contributed by atoms with Crippen molar-refractivity contribution in [1.29, 1.82) is 0 Å². The lowest BCUT2D eigenvalue weighted by Crippen LogP contribution is -2.49. The third kappa shape index (κ3) is 4.06. The van der Waals surface area contributed by atoms with Crippen molar-refractivity contribution in [2.75, 3.05) is 13.1 Å². The Morgan fingerprint density at radius 2 is 1.91 bits per heavy atom. The van der Waals surface area contributed by atoms with Crippen molar-refractivity contribution in [1.82, 2.24) is 15.2 Å². The molecular weight excluding hydrogens is 278 g/mol. The Kier molecular flexibility index (Phi) is 5.52. The summed E-state index contributed by atoms with van der Waals surface area (Å²) in [6.07, 6.45) is 7.79. The fourth-order valence-corrected chi connectivity index (χ4v) is 2.67. The summed E-state index contributed by atoms with van der Waals surface area (Å²) >= 11 is 0. The molecule has 0 radical (unpaired) electrons. The summed E-state index contributed by atoms with van der Waals surface area (Å²) in [6, 6.07) is 3.73. The molecule has 2 rings (SSSR count). The topological polar surface area (TPSA) is 62.3 Å². The molecule has 0 spiro atoms. The van der Waals surface area contributed by atoms with Crippen LogP contribution in [0.5, 0.6) is 0 Å². The second-order valence-electron chi connectivity index (χ2n) is 6.38. The van der Waals surface area contributed by atoms with E-state index in [1.165, 1.54) is 0 Å². The van der Waals surface area contributed by atoms with Crippen LogP contribution in [0.15, 0.2) is 24.5 Å². The molecule has 5 nitrogen and oxygen atoms in total. The zero-order valence-corrected chi connectivity index (χ0v) is 13.5. The minimum Gasteiger partial charge on any atom is -0.351 e. The maximum absolute atomic E-state index is 12.7. The van der Waals surface area contributed by atoms with Gasteiger partial charge in [0.05, 0.1) is 0 Å². The van der Waals surface area contributed by atoms with E-state index in [0.29, 0.717) is 6.54 Å². The predicted molar refractivity (Wildman–Crippen MR) is 84.9 cm³/mol. The highest BCUT2D eigenvalue weighted by Gasteiger charge is 2.39. The first-order chi connectivity index (χ1) is 10.5. The van der Waals surface area contributed by atoms with Crippen molar-refractivity contribution in [3.63, 3.8) is 0 Å². The molecule has 120 valence electrons. The van der Waals surface area contributed by atoms with Crippen molar-refractivity contribution >= 4 is 11.8 Å². The van der Waals surface area contributed by atoms with E-state index in [1.807, 2.05) is 17.0 Å². The van der Waals surface area contributed by atoms with Crippen LogP contribution in [-0.2, 0) is 16.1 Å². The molecule has 2 amide bonds. The van der Waals surface area contributed by atoms with E-state index in [0.717, 1.165) is 44.3 Å². The van der Waals surface area contributed by atoms with E-state index in [1.54, 1.807) is 26.2 Å². The summed E-state index contributed by atoms with van der Waals surface area (Å²) in [5, 5.41) is 2.85. The number of nitrogens with zero attached hydrogens (tertiary/aromatic N) is 2. The van der Waals surface area contributed by atoms with E-state index in [2.05, 4.69) is 10.3 Å². The number of likely N-dealkylation sites (tertiary alicyclic amines) is 1. The number of carbonyl (C=O) groups is 2. The van der Waals surface area contributed by atoms with Gasteiger partial charge >= 0.3 is 0 Å². The molecule has 1 fully saturated rings. The highest BCUT2D eigenvalue weighted by molar-refractivity contribution is 6.04. The molecule has 22 heavy (non-hydrogen) atoms. The maximum Gasteiger partial charge on any atom is 0.237 e. The molecular formula is C17H25N3O2. The quantitative estimate of drug-likeness (QED) is 0.867. The van der Waals surface area contributed by atoms with Crippen molar-refractivity contribution in [2.45, 2.75) is 46.1 Å². The van der Waals surface area contributed by atoms with Gasteiger partial charge in [0.2, 0.25) is 11.8 Å². The first-order valence-electron chi connectivity index (χ1n) is 7.98. The van der Waals surface area contributed by atoms with Gasteiger partial charge in [0.1, 0.15) is 5.41 Å². The van der Waals surface area contributed by atoms with Gasteiger partial charge in [-0.25, -0.2) is 0 Å². The number of nitrogens with one attached hydrogen (secondary N) is 1. The van der Waals surface area contributed by atoms with Gasteiger partial charge < -0.3 is 10.2 Å². The summed E-state index contributed by atoms with van der Waals surface area (Å²) in [6.45, 7) is 5.33. The Hall–Kier alpha value is -1.91. The van der Waals surface area contributed by atoms with Crippen LogP contribution in [0.4, 0.5) is 0 Å². The highest BCUT2D eigenvalue weighted by atomic mass is 16.2.